The van der Waals surface area contributed by atoms with Crippen LogP contribution in [0.15, 0.2) is 31.0 Å². The molecule has 0 bridgehead atoms. The van der Waals surface area contributed by atoms with Crippen molar-refractivity contribution < 1.29 is 9.90 Å². The summed E-state index contributed by atoms with van der Waals surface area (Å²) in [6.45, 7) is 4.55. The van der Waals surface area contributed by atoms with Gasteiger partial charge < -0.3 is 14.6 Å². The second-order valence-electron chi connectivity index (χ2n) is 6.75. The Labute approximate surface area is 161 Å². The van der Waals surface area contributed by atoms with Gasteiger partial charge in [-0.25, -0.2) is 14.6 Å². The van der Waals surface area contributed by atoms with Crippen molar-refractivity contribution in [3.05, 3.63) is 48.3 Å². The van der Waals surface area contributed by atoms with Crippen LogP contribution in [0.5, 0.6) is 5.75 Å². The lowest BCUT2D eigenvalue weighted by molar-refractivity contribution is 0.0701. The largest absolute Gasteiger partial charge is 0.505 e. The second-order valence-corrected chi connectivity index (χ2v) is 6.75. The van der Waals surface area contributed by atoms with Crippen molar-refractivity contribution in [2.75, 3.05) is 13.1 Å². The predicted molar refractivity (Wildman–Crippen MR) is 98.6 cm³/mol. The zero-order valence-corrected chi connectivity index (χ0v) is 15.6. The van der Waals surface area contributed by atoms with Gasteiger partial charge in [0, 0.05) is 31.7 Å². The number of aromatic nitrogens is 7. The molecule has 1 fully saturated rings. The molecule has 1 aliphatic heterocycles. The normalized spacial score (nSPS) is 15.1. The Bertz CT molecular complexity index is 944. The lowest BCUT2D eigenvalue weighted by Gasteiger charge is -2.31. The molecular weight excluding hydrogens is 360 g/mol. The number of nitrogens with zero attached hydrogens (tertiary/aromatic N) is 8. The third-order valence-electron chi connectivity index (χ3n) is 5.08. The first-order chi connectivity index (χ1) is 13.7. The lowest BCUT2D eigenvalue weighted by Crippen LogP contribution is -2.38. The molecular formula is C18H22N8O2. The Morgan fingerprint density at radius 3 is 2.79 bits per heavy atom. The molecule has 4 heterocycles. The fourth-order valence-corrected chi connectivity index (χ4v) is 3.62. The molecule has 0 radical (unpaired) electrons. The van der Waals surface area contributed by atoms with Crippen molar-refractivity contribution in [2.45, 2.75) is 38.8 Å². The van der Waals surface area contributed by atoms with Crippen molar-refractivity contribution in [1.82, 2.24) is 39.4 Å². The molecule has 1 amide bonds. The Morgan fingerprint density at radius 2 is 2.11 bits per heavy atom. The Kier molecular flexibility index (Phi) is 5.00. The van der Waals surface area contributed by atoms with E-state index in [0.29, 0.717) is 19.6 Å². The van der Waals surface area contributed by atoms with Crippen molar-refractivity contribution in [3.8, 4) is 5.75 Å². The minimum absolute atomic E-state index is 0.0851. The summed E-state index contributed by atoms with van der Waals surface area (Å²) in [5, 5.41) is 22.8. The van der Waals surface area contributed by atoms with Gasteiger partial charge >= 0.3 is 0 Å². The molecule has 10 nitrogen and oxygen atoms in total. The van der Waals surface area contributed by atoms with Gasteiger partial charge in [0.15, 0.2) is 11.5 Å². The quantitative estimate of drug-likeness (QED) is 0.701. The number of carbonyl (C=O) groups excluding carboxylic acids is 1. The third kappa shape index (κ3) is 3.45. The highest BCUT2D eigenvalue weighted by atomic mass is 16.3. The smallest absolute Gasteiger partial charge is 0.276 e. The Morgan fingerprint density at radius 1 is 1.29 bits per heavy atom. The predicted octanol–water partition coefficient (Wildman–Crippen LogP) is 1.06. The number of carbonyl (C=O) groups is 1. The molecule has 3 aromatic rings. The molecule has 28 heavy (non-hydrogen) atoms. The van der Waals surface area contributed by atoms with Crippen LogP contribution in [0.3, 0.4) is 0 Å². The number of hydrogen-bond donors (Lipinski definition) is 1. The van der Waals surface area contributed by atoms with Crippen LogP contribution in [-0.2, 0) is 13.1 Å². The molecule has 4 rings (SSSR count). The zero-order chi connectivity index (χ0) is 19.5. The van der Waals surface area contributed by atoms with E-state index >= 15 is 0 Å². The topological polar surface area (TPSA) is 115 Å². The van der Waals surface area contributed by atoms with Crippen LogP contribution in [0.25, 0.3) is 0 Å². The number of likely N-dealkylation sites (tertiary alicyclic amines) is 1. The first-order valence-corrected chi connectivity index (χ1v) is 9.35. The number of pyridine rings is 1. The van der Waals surface area contributed by atoms with Crippen LogP contribution >= 0.6 is 0 Å². The number of hydrogen-bond acceptors (Lipinski definition) is 7. The minimum atomic E-state index is -0.236. The lowest BCUT2D eigenvalue weighted by atomic mass is 9.95. The van der Waals surface area contributed by atoms with Crippen LogP contribution in [-0.4, -0.2) is 63.5 Å². The SMILES string of the molecule is CCn1c(Cn2cncn2)nnc1C1CCN(C(=O)c2ncccc2O)CC1. The van der Waals surface area contributed by atoms with Crippen molar-refractivity contribution in [1.29, 1.82) is 0 Å². The van der Waals surface area contributed by atoms with E-state index in [9.17, 15) is 9.90 Å². The van der Waals surface area contributed by atoms with E-state index < -0.39 is 0 Å². The molecule has 10 heteroatoms. The van der Waals surface area contributed by atoms with Gasteiger partial charge in [-0.1, -0.05) is 0 Å². The maximum Gasteiger partial charge on any atom is 0.276 e. The summed E-state index contributed by atoms with van der Waals surface area (Å²) in [6, 6.07) is 3.08. The summed E-state index contributed by atoms with van der Waals surface area (Å²) < 4.78 is 3.84. The fraction of sp³-hybridized carbons (Fsp3) is 0.444. The summed E-state index contributed by atoms with van der Waals surface area (Å²) in [6.07, 6.45) is 6.26. The molecule has 1 N–H and O–H groups in total. The number of rotatable bonds is 5. The van der Waals surface area contributed by atoms with Gasteiger partial charge in [-0.05, 0) is 31.9 Å². The Balaban J connectivity index is 1.44. The number of aromatic hydroxyl groups is 1. The van der Waals surface area contributed by atoms with Crippen molar-refractivity contribution in [3.63, 3.8) is 0 Å². The van der Waals surface area contributed by atoms with Crippen molar-refractivity contribution in [2.24, 2.45) is 0 Å². The van der Waals surface area contributed by atoms with E-state index in [2.05, 4.69) is 36.8 Å². The standard InChI is InChI=1S/C18H22N8O2/c1-2-26-15(10-25-12-19-11-21-25)22-23-17(26)13-5-8-24(9-6-13)18(28)16-14(27)4-3-7-20-16/h3-4,7,11-13,27H,2,5-6,8-10H2,1H3. The number of piperidine rings is 1. The highest BCUT2D eigenvalue weighted by Crippen LogP contribution is 2.28. The van der Waals surface area contributed by atoms with Gasteiger partial charge in [-0.3, -0.25) is 4.79 Å². The van der Waals surface area contributed by atoms with E-state index in [1.807, 2.05) is 0 Å². The monoisotopic (exact) mass is 382 g/mol. The van der Waals surface area contributed by atoms with E-state index in [1.54, 1.807) is 22.0 Å². The highest BCUT2D eigenvalue weighted by Gasteiger charge is 2.29. The van der Waals surface area contributed by atoms with Gasteiger partial charge in [-0.15, -0.1) is 10.2 Å². The maximum absolute atomic E-state index is 12.6. The molecule has 146 valence electrons. The first kappa shape index (κ1) is 18.1. The van der Waals surface area contributed by atoms with E-state index in [1.165, 1.54) is 18.6 Å². The summed E-state index contributed by atoms with van der Waals surface area (Å²) in [5.74, 6) is 1.71. The summed E-state index contributed by atoms with van der Waals surface area (Å²) >= 11 is 0. The van der Waals surface area contributed by atoms with Crippen LogP contribution < -0.4 is 0 Å². The second kappa shape index (κ2) is 7.75. The average Bonchev–Trinajstić information content (AvgIpc) is 3.38. The summed E-state index contributed by atoms with van der Waals surface area (Å²) in [4.78, 5) is 22.3. The van der Waals surface area contributed by atoms with Gasteiger partial charge in [0.1, 0.15) is 30.8 Å². The molecule has 0 unspecified atom stereocenters. The molecule has 0 spiro atoms. The first-order valence-electron chi connectivity index (χ1n) is 9.35. The van der Waals surface area contributed by atoms with Gasteiger partial charge in [-0.2, -0.15) is 5.10 Å². The third-order valence-corrected chi connectivity index (χ3v) is 5.08. The van der Waals surface area contributed by atoms with Gasteiger partial charge in [0.2, 0.25) is 0 Å². The van der Waals surface area contributed by atoms with Crippen LogP contribution in [0, 0.1) is 0 Å². The van der Waals surface area contributed by atoms with E-state index in [0.717, 1.165) is 31.0 Å². The molecule has 0 atom stereocenters. The van der Waals surface area contributed by atoms with E-state index in [-0.39, 0.29) is 23.3 Å². The Hall–Kier alpha value is -3.30. The molecule has 1 saturated heterocycles. The van der Waals surface area contributed by atoms with Crippen molar-refractivity contribution >= 4 is 5.91 Å². The number of amides is 1. The molecule has 1 aliphatic rings. The fourth-order valence-electron chi connectivity index (χ4n) is 3.62. The summed E-state index contributed by atoms with van der Waals surface area (Å²) in [7, 11) is 0. The highest BCUT2D eigenvalue weighted by molar-refractivity contribution is 5.94. The molecule has 0 aliphatic carbocycles. The molecule has 0 aromatic carbocycles. The van der Waals surface area contributed by atoms with Gasteiger partial charge in [0.25, 0.3) is 5.91 Å². The minimum Gasteiger partial charge on any atom is -0.505 e. The van der Waals surface area contributed by atoms with Crippen LogP contribution in [0.1, 0.15) is 47.8 Å². The zero-order valence-electron chi connectivity index (χ0n) is 15.6. The molecule has 0 saturated carbocycles. The summed E-state index contributed by atoms with van der Waals surface area (Å²) in [5.41, 5.74) is 0.104. The van der Waals surface area contributed by atoms with E-state index in [4.69, 9.17) is 0 Å². The van der Waals surface area contributed by atoms with Crippen LogP contribution in [0.2, 0.25) is 0 Å². The van der Waals surface area contributed by atoms with Crippen LogP contribution in [0.4, 0.5) is 0 Å². The molecule has 3 aromatic heterocycles. The van der Waals surface area contributed by atoms with Gasteiger partial charge in [0.05, 0.1) is 0 Å². The maximum atomic E-state index is 12.6. The average molecular weight is 382 g/mol.